The molecule has 2 aromatic rings. The van der Waals surface area contributed by atoms with Crippen LogP contribution in [0.2, 0.25) is 0 Å². The molecule has 2 heterocycles. The lowest BCUT2D eigenvalue weighted by Gasteiger charge is -2.26. The number of thioether (sulfide) groups is 1. The number of piperazine rings is 1. The van der Waals surface area contributed by atoms with Crippen molar-refractivity contribution in [1.82, 2.24) is 10.2 Å². The van der Waals surface area contributed by atoms with Gasteiger partial charge in [0.05, 0.1) is 23.8 Å². The van der Waals surface area contributed by atoms with Crippen LogP contribution in [0.15, 0.2) is 41.1 Å². The Morgan fingerprint density at radius 3 is 2.67 bits per heavy atom. The van der Waals surface area contributed by atoms with Crippen LogP contribution in [0, 0.1) is 5.92 Å². The summed E-state index contributed by atoms with van der Waals surface area (Å²) in [7, 11) is 2.08. The Balaban J connectivity index is 1.47. The first-order valence-corrected chi connectivity index (χ1v) is 9.81. The molecule has 0 radical (unpaired) electrons. The Morgan fingerprint density at radius 2 is 1.96 bits per heavy atom. The summed E-state index contributed by atoms with van der Waals surface area (Å²) in [5.41, 5.74) is 0.627. The molecule has 0 saturated carbocycles. The number of hydrogen-bond acceptors (Lipinski definition) is 7. The van der Waals surface area contributed by atoms with Crippen molar-refractivity contribution in [3.63, 3.8) is 0 Å². The van der Waals surface area contributed by atoms with Crippen molar-refractivity contribution in [3.8, 4) is 0 Å². The lowest BCUT2D eigenvalue weighted by molar-refractivity contribution is -0.759. The fourth-order valence-corrected chi connectivity index (χ4v) is 3.41. The molecule has 1 aliphatic rings. The highest BCUT2D eigenvalue weighted by Crippen LogP contribution is 2.22. The Bertz CT molecular complexity index is 774. The summed E-state index contributed by atoms with van der Waals surface area (Å²) in [4.78, 5) is 28.2. The first kappa shape index (κ1) is 19.4. The molecule has 1 aliphatic heterocycles. The molecular weight excluding hydrogens is 366 g/mol. The minimum absolute atomic E-state index is 0.0529. The van der Waals surface area contributed by atoms with Crippen LogP contribution in [0.5, 0.6) is 0 Å². The van der Waals surface area contributed by atoms with Crippen molar-refractivity contribution in [2.75, 3.05) is 44.0 Å². The molecule has 0 unspecified atom stereocenters. The smallest absolute Gasteiger partial charge is 0.257 e. The van der Waals surface area contributed by atoms with Gasteiger partial charge in [-0.1, -0.05) is 49.0 Å². The lowest BCUT2D eigenvalue weighted by atomic mass is 10.2. The number of hydrogen-bond donors (Lipinski definition) is 0. The third kappa shape index (κ3) is 5.30. The maximum absolute atomic E-state index is 12.3. The molecule has 3 rings (SSSR count). The van der Waals surface area contributed by atoms with Crippen LogP contribution in [0.4, 0.5) is 5.88 Å². The lowest BCUT2D eigenvalue weighted by Crippen LogP contribution is -2.64. The van der Waals surface area contributed by atoms with E-state index in [0.717, 1.165) is 37.9 Å². The van der Waals surface area contributed by atoms with Gasteiger partial charge in [0, 0.05) is 30.3 Å². The van der Waals surface area contributed by atoms with Gasteiger partial charge in [-0.2, -0.15) is 5.01 Å². The van der Waals surface area contributed by atoms with Crippen molar-refractivity contribution in [2.45, 2.75) is 6.92 Å². The molecule has 1 amide bonds. The molecule has 1 aromatic carbocycles. The predicted molar refractivity (Wildman–Crippen MR) is 103 cm³/mol. The standard InChI is InChI=1S/C18H23N5O3S/c1-14(13-27-18(25)15-6-4-3-5-7-15)17(24)19-16-12-23(20-26-16)22-10-8-21(2)9-11-22/h3-7,12,14H,8-11,13H2,1-2H3/t14-/m1/s1. The molecule has 0 N–H and O–H groups in total. The summed E-state index contributed by atoms with van der Waals surface area (Å²) in [6.07, 6.45) is 1.61. The van der Waals surface area contributed by atoms with E-state index in [4.69, 9.17) is 4.52 Å². The van der Waals surface area contributed by atoms with Crippen molar-refractivity contribution >= 4 is 28.7 Å². The number of carbonyl (C=O) groups is 2. The summed E-state index contributed by atoms with van der Waals surface area (Å²) in [5, 5.41) is 9.90. The maximum atomic E-state index is 12.3. The third-order valence-electron chi connectivity index (χ3n) is 4.33. The predicted octanol–water partition coefficient (Wildman–Crippen LogP) is 1.59. The van der Waals surface area contributed by atoms with Gasteiger partial charge < -0.3 is 19.5 Å². The monoisotopic (exact) mass is 389 g/mol. The first-order chi connectivity index (χ1) is 13.0. The summed E-state index contributed by atoms with van der Waals surface area (Å²) in [6, 6.07) is 9.02. The Labute approximate surface area is 162 Å². The summed E-state index contributed by atoms with van der Waals surface area (Å²) in [6.45, 7) is 5.29. The van der Waals surface area contributed by atoms with E-state index in [9.17, 15) is 9.59 Å². The Hall–Kier alpha value is -2.39. The summed E-state index contributed by atoms with van der Waals surface area (Å²) >= 11 is 1.12. The highest BCUT2D eigenvalue weighted by molar-refractivity contribution is 8.14. The molecule has 0 aliphatic carbocycles. The SMILES string of the molecule is C[C@H](CSC(=O)c1ccccc1)C(=O)[N-]c1c[n+](N2CCN(C)CC2)no1. The van der Waals surface area contributed by atoms with Crippen molar-refractivity contribution in [2.24, 2.45) is 5.92 Å². The van der Waals surface area contributed by atoms with Gasteiger partial charge in [-0.25, -0.2) is 0 Å². The zero-order chi connectivity index (χ0) is 19.2. The average Bonchev–Trinajstić information content (AvgIpc) is 3.15. The number of benzene rings is 1. The Kier molecular flexibility index (Phi) is 6.46. The summed E-state index contributed by atoms with van der Waals surface area (Å²) in [5.74, 6) is -0.192. The normalized spacial score (nSPS) is 16.1. The second kappa shape index (κ2) is 9.01. The molecule has 1 saturated heterocycles. The molecule has 0 spiro atoms. The number of amides is 1. The fraction of sp³-hybridized carbons (Fsp3) is 0.444. The van der Waals surface area contributed by atoms with Crippen LogP contribution in [-0.2, 0) is 4.79 Å². The number of aromatic nitrogens is 2. The maximum Gasteiger partial charge on any atom is 0.257 e. The van der Waals surface area contributed by atoms with Crippen LogP contribution >= 0.6 is 11.8 Å². The molecule has 144 valence electrons. The molecule has 1 atom stereocenters. The second-order valence-corrected chi connectivity index (χ2v) is 7.53. The van der Waals surface area contributed by atoms with Crippen LogP contribution in [0.1, 0.15) is 17.3 Å². The highest BCUT2D eigenvalue weighted by atomic mass is 32.2. The third-order valence-corrected chi connectivity index (χ3v) is 5.49. The van der Waals surface area contributed by atoms with E-state index in [2.05, 4.69) is 22.5 Å². The van der Waals surface area contributed by atoms with Gasteiger partial charge in [0.25, 0.3) is 6.20 Å². The molecule has 1 aromatic heterocycles. The van der Waals surface area contributed by atoms with Gasteiger partial charge in [0.15, 0.2) is 0 Å². The van der Waals surface area contributed by atoms with E-state index >= 15 is 0 Å². The number of likely N-dealkylation sites (N-methyl/N-ethyl adjacent to an activating group) is 1. The molecule has 8 nitrogen and oxygen atoms in total. The van der Waals surface area contributed by atoms with Crippen molar-refractivity contribution in [1.29, 1.82) is 0 Å². The second-order valence-electron chi connectivity index (χ2n) is 6.53. The topological polar surface area (TPSA) is 84.6 Å². The molecule has 1 fully saturated rings. The minimum atomic E-state index is -0.398. The number of carbonyl (C=O) groups excluding carboxylic acids is 2. The first-order valence-electron chi connectivity index (χ1n) is 8.83. The van der Waals surface area contributed by atoms with Gasteiger partial charge in [0.2, 0.25) is 10.4 Å². The van der Waals surface area contributed by atoms with Gasteiger partial charge in [0.1, 0.15) is 5.88 Å². The van der Waals surface area contributed by atoms with Crippen LogP contribution < -0.4 is 9.80 Å². The largest absolute Gasteiger partial charge is 0.588 e. The van der Waals surface area contributed by atoms with E-state index in [-0.39, 0.29) is 16.9 Å². The molecular formula is C18H23N5O3S. The van der Waals surface area contributed by atoms with E-state index in [1.165, 1.54) is 0 Å². The van der Waals surface area contributed by atoms with Gasteiger partial charge in [-0.3, -0.25) is 4.79 Å². The van der Waals surface area contributed by atoms with Crippen molar-refractivity contribution in [3.05, 3.63) is 47.4 Å². The Morgan fingerprint density at radius 1 is 1.26 bits per heavy atom. The van der Waals surface area contributed by atoms with E-state index in [0.29, 0.717) is 11.3 Å². The number of rotatable bonds is 6. The van der Waals surface area contributed by atoms with E-state index in [1.807, 2.05) is 23.2 Å². The molecule has 9 heteroatoms. The zero-order valence-corrected chi connectivity index (χ0v) is 16.3. The van der Waals surface area contributed by atoms with E-state index in [1.54, 1.807) is 30.0 Å². The van der Waals surface area contributed by atoms with Crippen molar-refractivity contribution < 1.29 is 18.9 Å². The van der Waals surface area contributed by atoms with Crippen LogP contribution in [0.25, 0.3) is 5.32 Å². The van der Waals surface area contributed by atoms with Gasteiger partial charge in [-0.15, -0.1) is 0 Å². The number of nitrogens with zero attached hydrogens (tertiary/aromatic N) is 5. The van der Waals surface area contributed by atoms with E-state index < -0.39 is 5.92 Å². The highest BCUT2D eigenvalue weighted by Gasteiger charge is 2.23. The fourth-order valence-electron chi connectivity index (χ4n) is 2.56. The van der Waals surface area contributed by atoms with Crippen LogP contribution in [-0.4, -0.2) is 60.2 Å². The summed E-state index contributed by atoms with van der Waals surface area (Å²) < 4.78 is 5.16. The minimum Gasteiger partial charge on any atom is -0.588 e. The quantitative estimate of drug-likeness (QED) is 0.694. The van der Waals surface area contributed by atoms with Gasteiger partial charge >= 0.3 is 0 Å². The van der Waals surface area contributed by atoms with Crippen LogP contribution in [0.3, 0.4) is 0 Å². The van der Waals surface area contributed by atoms with Gasteiger partial charge in [-0.05, 0) is 7.05 Å². The zero-order valence-electron chi connectivity index (χ0n) is 15.4. The molecule has 27 heavy (non-hydrogen) atoms. The average molecular weight is 389 g/mol. The molecule has 0 bridgehead atoms.